The van der Waals surface area contributed by atoms with Gasteiger partial charge in [-0.15, -0.1) is 0 Å². The SMILES string of the molecule is Cc1cc(C2CC2)nc(-c2ccccc2NOC(=O)C(C)(C)C)n1. The van der Waals surface area contributed by atoms with Crippen molar-refractivity contribution in [3.8, 4) is 11.4 Å². The first-order valence-corrected chi connectivity index (χ1v) is 8.27. The number of para-hydroxylation sites is 1. The van der Waals surface area contributed by atoms with Crippen LogP contribution in [-0.4, -0.2) is 15.9 Å². The van der Waals surface area contributed by atoms with Crippen LogP contribution in [0.1, 0.15) is 50.9 Å². The zero-order valence-electron chi connectivity index (χ0n) is 14.6. The molecule has 0 aliphatic heterocycles. The van der Waals surface area contributed by atoms with E-state index in [1.807, 2.05) is 52.0 Å². The number of nitrogens with one attached hydrogen (secondary N) is 1. The van der Waals surface area contributed by atoms with E-state index in [9.17, 15) is 4.79 Å². The number of rotatable bonds is 4. The number of aromatic nitrogens is 2. The summed E-state index contributed by atoms with van der Waals surface area (Å²) in [5.74, 6) is 0.900. The van der Waals surface area contributed by atoms with Gasteiger partial charge in [-0.1, -0.05) is 12.1 Å². The van der Waals surface area contributed by atoms with E-state index in [0.717, 1.165) is 17.0 Å². The number of hydrogen-bond donors (Lipinski definition) is 1. The summed E-state index contributed by atoms with van der Waals surface area (Å²) >= 11 is 0. The summed E-state index contributed by atoms with van der Waals surface area (Å²) < 4.78 is 0. The molecule has 0 bridgehead atoms. The summed E-state index contributed by atoms with van der Waals surface area (Å²) in [6, 6.07) is 9.65. The van der Waals surface area contributed by atoms with E-state index < -0.39 is 5.41 Å². The fourth-order valence-corrected chi connectivity index (χ4v) is 2.32. The van der Waals surface area contributed by atoms with Crippen LogP contribution in [0.15, 0.2) is 30.3 Å². The van der Waals surface area contributed by atoms with Crippen molar-refractivity contribution in [2.45, 2.75) is 46.5 Å². The van der Waals surface area contributed by atoms with Gasteiger partial charge in [0.1, 0.15) is 0 Å². The molecule has 0 spiro atoms. The highest BCUT2D eigenvalue weighted by molar-refractivity contribution is 5.78. The van der Waals surface area contributed by atoms with E-state index in [1.165, 1.54) is 12.8 Å². The van der Waals surface area contributed by atoms with Crippen LogP contribution in [0.3, 0.4) is 0 Å². The van der Waals surface area contributed by atoms with Gasteiger partial charge < -0.3 is 4.84 Å². The maximum atomic E-state index is 12.0. The summed E-state index contributed by atoms with van der Waals surface area (Å²) in [7, 11) is 0. The number of nitrogens with zero attached hydrogens (tertiary/aromatic N) is 2. The Morgan fingerprint density at radius 3 is 2.58 bits per heavy atom. The maximum absolute atomic E-state index is 12.0. The molecule has 5 heteroatoms. The molecule has 1 aromatic carbocycles. The van der Waals surface area contributed by atoms with Gasteiger partial charge in [0.05, 0.1) is 11.1 Å². The van der Waals surface area contributed by atoms with Crippen LogP contribution in [-0.2, 0) is 9.63 Å². The minimum absolute atomic E-state index is 0.318. The van der Waals surface area contributed by atoms with Crippen LogP contribution < -0.4 is 5.48 Å². The topological polar surface area (TPSA) is 64.1 Å². The van der Waals surface area contributed by atoms with Gasteiger partial charge >= 0.3 is 5.97 Å². The molecule has 126 valence electrons. The van der Waals surface area contributed by atoms with E-state index in [0.29, 0.717) is 17.4 Å². The Labute approximate surface area is 142 Å². The van der Waals surface area contributed by atoms with Crippen LogP contribution >= 0.6 is 0 Å². The van der Waals surface area contributed by atoms with Crippen molar-refractivity contribution in [3.05, 3.63) is 41.7 Å². The Balaban J connectivity index is 1.88. The number of carbonyl (C=O) groups excluding carboxylic acids is 1. The summed E-state index contributed by atoms with van der Waals surface area (Å²) in [6.07, 6.45) is 2.39. The molecule has 2 aromatic rings. The molecular formula is C19H23N3O2. The number of anilines is 1. The first-order valence-electron chi connectivity index (χ1n) is 8.27. The second kappa shape index (κ2) is 6.23. The minimum atomic E-state index is -0.569. The molecule has 3 rings (SSSR count). The quantitative estimate of drug-likeness (QED) is 0.852. The molecule has 0 radical (unpaired) electrons. The smallest absolute Gasteiger partial charge is 0.337 e. The van der Waals surface area contributed by atoms with Crippen molar-refractivity contribution in [2.75, 3.05) is 5.48 Å². The second-order valence-corrected chi connectivity index (χ2v) is 7.32. The van der Waals surface area contributed by atoms with Crippen LogP contribution in [0.4, 0.5) is 5.69 Å². The molecule has 0 unspecified atom stereocenters. The molecule has 1 saturated carbocycles. The molecule has 1 aliphatic carbocycles. The van der Waals surface area contributed by atoms with Crippen LogP contribution in [0.5, 0.6) is 0 Å². The third-order valence-electron chi connectivity index (χ3n) is 3.90. The molecule has 1 N–H and O–H groups in total. The Bertz CT molecular complexity index is 761. The summed E-state index contributed by atoms with van der Waals surface area (Å²) in [5, 5.41) is 0. The van der Waals surface area contributed by atoms with Crippen LogP contribution in [0.2, 0.25) is 0 Å². The average Bonchev–Trinajstić information content (AvgIpc) is 3.36. The van der Waals surface area contributed by atoms with Crippen molar-refractivity contribution in [1.29, 1.82) is 0 Å². The number of benzene rings is 1. The van der Waals surface area contributed by atoms with Gasteiger partial charge in [0, 0.05) is 22.9 Å². The summed E-state index contributed by atoms with van der Waals surface area (Å²) in [5.41, 5.74) is 5.75. The third-order valence-corrected chi connectivity index (χ3v) is 3.90. The Kier molecular flexibility index (Phi) is 4.26. The van der Waals surface area contributed by atoms with E-state index in [2.05, 4.69) is 16.5 Å². The number of hydrogen-bond acceptors (Lipinski definition) is 5. The molecule has 0 atom stereocenters. The van der Waals surface area contributed by atoms with Crippen LogP contribution in [0, 0.1) is 12.3 Å². The van der Waals surface area contributed by atoms with Crippen molar-refractivity contribution in [2.24, 2.45) is 5.41 Å². The first-order chi connectivity index (χ1) is 11.3. The predicted octanol–water partition coefficient (Wildman–Crippen LogP) is 4.25. The summed E-state index contributed by atoms with van der Waals surface area (Å²) in [4.78, 5) is 26.5. The zero-order chi connectivity index (χ0) is 17.3. The molecule has 1 aromatic heterocycles. The van der Waals surface area contributed by atoms with Crippen molar-refractivity contribution < 1.29 is 9.63 Å². The Morgan fingerprint density at radius 1 is 1.21 bits per heavy atom. The molecule has 1 aliphatic rings. The van der Waals surface area contributed by atoms with Crippen molar-refractivity contribution >= 4 is 11.7 Å². The van der Waals surface area contributed by atoms with Gasteiger partial charge in [-0.25, -0.2) is 20.2 Å². The Hall–Kier alpha value is -2.43. The molecule has 1 fully saturated rings. The number of carbonyl (C=O) groups is 1. The maximum Gasteiger partial charge on any atom is 0.337 e. The minimum Gasteiger partial charge on any atom is -0.343 e. The van der Waals surface area contributed by atoms with Gasteiger partial charge in [-0.05, 0) is 58.7 Å². The lowest BCUT2D eigenvalue weighted by molar-refractivity contribution is -0.149. The van der Waals surface area contributed by atoms with Crippen LogP contribution in [0.25, 0.3) is 11.4 Å². The monoisotopic (exact) mass is 325 g/mol. The average molecular weight is 325 g/mol. The first kappa shape index (κ1) is 16.4. The fraction of sp³-hybridized carbons (Fsp3) is 0.421. The van der Waals surface area contributed by atoms with Gasteiger partial charge in [0.25, 0.3) is 0 Å². The lowest BCUT2D eigenvalue weighted by atomic mass is 9.98. The van der Waals surface area contributed by atoms with Gasteiger partial charge in [-0.3, -0.25) is 0 Å². The highest BCUT2D eigenvalue weighted by atomic mass is 16.7. The molecule has 0 saturated heterocycles. The zero-order valence-corrected chi connectivity index (χ0v) is 14.6. The molecule has 0 amide bonds. The summed E-state index contributed by atoms with van der Waals surface area (Å²) in [6.45, 7) is 7.42. The van der Waals surface area contributed by atoms with E-state index >= 15 is 0 Å². The molecule has 5 nitrogen and oxygen atoms in total. The lowest BCUT2D eigenvalue weighted by Crippen LogP contribution is -2.25. The van der Waals surface area contributed by atoms with E-state index in [-0.39, 0.29) is 5.97 Å². The largest absolute Gasteiger partial charge is 0.343 e. The molecule has 24 heavy (non-hydrogen) atoms. The standard InChI is InChI=1S/C19H23N3O2/c1-12-11-16(13-9-10-13)21-17(20-12)14-7-5-6-8-15(14)22-24-18(23)19(2,3)4/h5-8,11,13,22H,9-10H2,1-4H3. The predicted molar refractivity (Wildman–Crippen MR) is 93.3 cm³/mol. The third kappa shape index (κ3) is 3.72. The highest BCUT2D eigenvalue weighted by Gasteiger charge is 2.27. The van der Waals surface area contributed by atoms with Crippen molar-refractivity contribution in [3.63, 3.8) is 0 Å². The van der Waals surface area contributed by atoms with Gasteiger partial charge in [0.15, 0.2) is 5.82 Å². The fourth-order valence-electron chi connectivity index (χ4n) is 2.32. The van der Waals surface area contributed by atoms with Gasteiger partial charge in [-0.2, -0.15) is 0 Å². The normalized spacial score (nSPS) is 14.3. The second-order valence-electron chi connectivity index (χ2n) is 7.32. The highest BCUT2D eigenvalue weighted by Crippen LogP contribution is 2.40. The van der Waals surface area contributed by atoms with E-state index in [1.54, 1.807) is 0 Å². The molecular weight excluding hydrogens is 302 g/mol. The van der Waals surface area contributed by atoms with Gasteiger partial charge in [0.2, 0.25) is 0 Å². The lowest BCUT2D eigenvalue weighted by Gasteiger charge is -2.18. The molecule has 1 heterocycles. The van der Waals surface area contributed by atoms with Crippen molar-refractivity contribution in [1.82, 2.24) is 9.97 Å². The Morgan fingerprint density at radius 2 is 1.92 bits per heavy atom. The number of aryl methyl sites for hydroxylation is 1. The van der Waals surface area contributed by atoms with E-state index in [4.69, 9.17) is 9.82 Å².